The molecule has 0 bridgehead atoms. The van der Waals surface area contributed by atoms with Gasteiger partial charge in [0.25, 0.3) is 0 Å². The normalized spacial score (nSPS) is 12.0. The number of nitrogens with one attached hydrogen (secondary N) is 1. The Hall–Kier alpha value is -3.15. The van der Waals surface area contributed by atoms with Gasteiger partial charge in [-0.1, -0.05) is 78.9 Å². The molecule has 3 rings (SSSR count). The highest BCUT2D eigenvalue weighted by atomic mass is 16.5. The van der Waals surface area contributed by atoms with E-state index in [0.29, 0.717) is 12.3 Å². The van der Waals surface area contributed by atoms with Gasteiger partial charge in [-0.15, -0.1) is 0 Å². The van der Waals surface area contributed by atoms with Crippen molar-refractivity contribution in [2.45, 2.75) is 12.1 Å². The van der Waals surface area contributed by atoms with Gasteiger partial charge < -0.3 is 15.2 Å². The molecule has 156 valence electrons. The van der Waals surface area contributed by atoms with Gasteiger partial charge in [-0.2, -0.15) is 0 Å². The van der Waals surface area contributed by atoms with Crippen LogP contribution in [0.2, 0.25) is 0 Å². The molecule has 5 nitrogen and oxygen atoms in total. The number of hydrogen-bond donors (Lipinski definition) is 2. The second-order valence-electron chi connectivity index (χ2n) is 7.30. The molecule has 3 aromatic carbocycles. The van der Waals surface area contributed by atoms with Crippen molar-refractivity contribution >= 4 is 5.91 Å². The number of amides is 1. The number of rotatable bonds is 10. The topological polar surface area (TPSA) is 61.8 Å². The van der Waals surface area contributed by atoms with Gasteiger partial charge in [0.1, 0.15) is 18.5 Å². The molecule has 0 spiro atoms. The van der Waals surface area contributed by atoms with Crippen LogP contribution in [0.4, 0.5) is 0 Å². The Labute approximate surface area is 177 Å². The number of likely N-dealkylation sites (N-methyl/N-ethyl adjacent to an activating group) is 1. The first-order valence-electron chi connectivity index (χ1n) is 10.1. The second kappa shape index (κ2) is 11.1. The fourth-order valence-corrected chi connectivity index (χ4v) is 3.29. The number of ether oxygens (including phenoxy) is 1. The van der Waals surface area contributed by atoms with E-state index < -0.39 is 6.10 Å². The van der Waals surface area contributed by atoms with Crippen LogP contribution in [0.25, 0.3) is 0 Å². The molecule has 1 amide bonds. The third-order valence-corrected chi connectivity index (χ3v) is 4.69. The Morgan fingerprint density at radius 3 is 1.93 bits per heavy atom. The summed E-state index contributed by atoms with van der Waals surface area (Å²) in [5, 5.41) is 13.4. The summed E-state index contributed by atoms with van der Waals surface area (Å²) in [4.78, 5) is 14.5. The highest BCUT2D eigenvalue weighted by molar-refractivity contribution is 5.79. The Balaban J connectivity index is 1.53. The maximum atomic E-state index is 12.7. The van der Waals surface area contributed by atoms with Crippen LogP contribution in [0.5, 0.6) is 5.75 Å². The smallest absolute Gasteiger partial charge is 0.234 e. The van der Waals surface area contributed by atoms with Gasteiger partial charge in [0.15, 0.2) is 0 Å². The summed E-state index contributed by atoms with van der Waals surface area (Å²) >= 11 is 0. The average molecular weight is 405 g/mol. The van der Waals surface area contributed by atoms with Crippen molar-refractivity contribution in [1.82, 2.24) is 10.2 Å². The van der Waals surface area contributed by atoms with Gasteiger partial charge in [0, 0.05) is 6.54 Å². The lowest BCUT2D eigenvalue weighted by atomic mass is 9.99. The van der Waals surface area contributed by atoms with Gasteiger partial charge in [-0.05, 0) is 30.3 Å². The van der Waals surface area contributed by atoms with Crippen LogP contribution in [0, 0.1) is 0 Å². The number of carbonyl (C=O) groups is 1. The van der Waals surface area contributed by atoms with E-state index in [1.807, 2.05) is 98.0 Å². The van der Waals surface area contributed by atoms with Crippen LogP contribution in [-0.2, 0) is 4.79 Å². The molecule has 0 radical (unpaired) electrons. The van der Waals surface area contributed by atoms with Gasteiger partial charge in [0.2, 0.25) is 5.91 Å². The number of hydrogen-bond acceptors (Lipinski definition) is 4. The number of aliphatic hydroxyl groups is 1. The molecule has 0 aliphatic carbocycles. The van der Waals surface area contributed by atoms with E-state index in [4.69, 9.17) is 4.74 Å². The lowest BCUT2D eigenvalue weighted by Crippen LogP contribution is -2.41. The van der Waals surface area contributed by atoms with Crippen molar-refractivity contribution in [3.8, 4) is 5.75 Å². The quantitative estimate of drug-likeness (QED) is 0.545. The van der Waals surface area contributed by atoms with Crippen LogP contribution < -0.4 is 10.1 Å². The summed E-state index contributed by atoms with van der Waals surface area (Å²) in [5.74, 6) is 0.608. The Morgan fingerprint density at radius 1 is 0.900 bits per heavy atom. The van der Waals surface area contributed by atoms with Crippen molar-refractivity contribution in [2.24, 2.45) is 0 Å². The number of aliphatic hydroxyl groups excluding tert-OH is 1. The van der Waals surface area contributed by atoms with Gasteiger partial charge in [-0.25, -0.2) is 0 Å². The van der Waals surface area contributed by atoms with Crippen LogP contribution in [0.15, 0.2) is 91.0 Å². The highest BCUT2D eigenvalue weighted by Crippen LogP contribution is 2.21. The molecule has 0 fully saturated rings. The molecule has 5 heteroatoms. The maximum absolute atomic E-state index is 12.7. The summed E-state index contributed by atoms with van der Waals surface area (Å²) in [6.45, 7) is 0.687. The predicted octanol–water partition coefficient (Wildman–Crippen LogP) is 3.26. The molecule has 30 heavy (non-hydrogen) atoms. The molecule has 1 atom stereocenters. The first kappa shape index (κ1) is 21.6. The summed E-state index contributed by atoms with van der Waals surface area (Å²) in [6.07, 6.45) is -0.693. The van der Waals surface area contributed by atoms with Gasteiger partial charge in [-0.3, -0.25) is 9.69 Å². The lowest BCUT2D eigenvalue weighted by Gasteiger charge is -2.23. The summed E-state index contributed by atoms with van der Waals surface area (Å²) in [5.41, 5.74) is 2.05. The van der Waals surface area contributed by atoms with Crippen molar-refractivity contribution in [2.75, 3.05) is 26.7 Å². The van der Waals surface area contributed by atoms with E-state index in [9.17, 15) is 9.90 Å². The zero-order chi connectivity index (χ0) is 21.2. The van der Waals surface area contributed by atoms with E-state index in [1.54, 1.807) is 4.90 Å². The minimum atomic E-state index is -0.693. The Kier molecular flexibility index (Phi) is 8.01. The van der Waals surface area contributed by atoms with Gasteiger partial charge in [0.05, 0.1) is 12.6 Å². The third-order valence-electron chi connectivity index (χ3n) is 4.69. The van der Waals surface area contributed by atoms with Crippen LogP contribution in [-0.4, -0.2) is 48.8 Å². The molecular weight excluding hydrogens is 376 g/mol. The van der Waals surface area contributed by atoms with E-state index >= 15 is 0 Å². The average Bonchev–Trinajstić information content (AvgIpc) is 2.78. The molecular formula is C25H28N2O3. The number of benzene rings is 3. The minimum absolute atomic E-state index is 0.105. The second-order valence-corrected chi connectivity index (χ2v) is 7.30. The van der Waals surface area contributed by atoms with Crippen LogP contribution >= 0.6 is 0 Å². The lowest BCUT2D eigenvalue weighted by molar-refractivity contribution is -0.122. The van der Waals surface area contributed by atoms with Crippen molar-refractivity contribution in [3.63, 3.8) is 0 Å². The minimum Gasteiger partial charge on any atom is -0.491 e. The van der Waals surface area contributed by atoms with Gasteiger partial charge >= 0.3 is 0 Å². The molecule has 0 aliphatic heterocycles. The molecule has 0 saturated carbocycles. The molecule has 0 heterocycles. The van der Waals surface area contributed by atoms with E-state index in [1.165, 1.54) is 0 Å². The first-order chi connectivity index (χ1) is 14.6. The first-order valence-corrected chi connectivity index (χ1v) is 10.1. The molecule has 0 saturated heterocycles. The van der Waals surface area contributed by atoms with E-state index in [-0.39, 0.29) is 25.1 Å². The van der Waals surface area contributed by atoms with E-state index in [2.05, 4.69) is 5.32 Å². The third kappa shape index (κ3) is 6.72. The molecule has 0 aromatic heterocycles. The fourth-order valence-electron chi connectivity index (χ4n) is 3.29. The maximum Gasteiger partial charge on any atom is 0.234 e. The largest absolute Gasteiger partial charge is 0.491 e. The fraction of sp³-hybridized carbons (Fsp3) is 0.240. The van der Waals surface area contributed by atoms with Crippen molar-refractivity contribution in [3.05, 3.63) is 102 Å². The highest BCUT2D eigenvalue weighted by Gasteiger charge is 2.18. The standard InChI is InChI=1S/C25H28N2O3/c1-27(17-22(28)19-30-23-15-9-4-10-16-23)18-24(29)26-25(20-11-5-2-6-12-20)21-13-7-3-8-14-21/h2-16,22,25,28H,17-19H2,1H3,(H,26,29)/t22-/m0/s1. The zero-order valence-electron chi connectivity index (χ0n) is 17.1. The SMILES string of the molecule is CN(CC(=O)NC(c1ccccc1)c1ccccc1)C[C@H](O)COc1ccccc1. The van der Waals surface area contributed by atoms with Crippen molar-refractivity contribution in [1.29, 1.82) is 0 Å². The summed E-state index contributed by atoms with van der Waals surface area (Å²) in [7, 11) is 1.81. The molecule has 3 aromatic rings. The summed E-state index contributed by atoms with van der Waals surface area (Å²) < 4.78 is 5.58. The molecule has 0 aliphatic rings. The Morgan fingerprint density at radius 2 is 1.40 bits per heavy atom. The summed E-state index contributed by atoms with van der Waals surface area (Å²) in [6, 6.07) is 28.9. The number of para-hydroxylation sites is 1. The Bertz CT molecular complexity index is 849. The van der Waals surface area contributed by atoms with Crippen LogP contribution in [0.3, 0.4) is 0 Å². The number of nitrogens with zero attached hydrogens (tertiary/aromatic N) is 1. The van der Waals surface area contributed by atoms with Crippen LogP contribution in [0.1, 0.15) is 17.2 Å². The zero-order valence-corrected chi connectivity index (χ0v) is 17.1. The molecule has 0 unspecified atom stereocenters. The van der Waals surface area contributed by atoms with Crippen molar-refractivity contribution < 1.29 is 14.6 Å². The predicted molar refractivity (Wildman–Crippen MR) is 118 cm³/mol. The monoisotopic (exact) mass is 404 g/mol. The molecule has 2 N–H and O–H groups in total. The van der Waals surface area contributed by atoms with E-state index in [0.717, 1.165) is 11.1 Å². The number of carbonyl (C=O) groups excluding carboxylic acids is 1.